The summed E-state index contributed by atoms with van der Waals surface area (Å²) in [6.45, 7) is 2.30. The van der Waals surface area contributed by atoms with Crippen LogP contribution in [-0.2, 0) is 6.42 Å². The molecule has 2 heterocycles. The highest BCUT2D eigenvalue weighted by atomic mass is 19.1. The van der Waals surface area contributed by atoms with Gasteiger partial charge in [0.2, 0.25) is 6.79 Å². The third-order valence-electron chi connectivity index (χ3n) is 5.32. The topological polar surface area (TPSA) is 38.8 Å². The molecular weight excluding hydrogens is 333 g/mol. The molecule has 0 aromatic heterocycles. The summed E-state index contributed by atoms with van der Waals surface area (Å²) >= 11 is 0. The molecule has 5 heteroatoms. The number of likely N-dealkylation sites (tertiary alicyclic amines) is 1. The van der Waals surface area contributed by atoms with Gasteiger partial charge in [-0.1, -0.05) is 12.1 Å². The third kappa shape index (κ3) is 3.26. The maximum Gasteiger partial charge on any atom is 0.254 e. The Morgan fingerprint density at radius 1 is 1.12 bits per heavy atom. The second-order valence-electron chi connectivity index (χ2n) is 7.03. The first-order valence-electron chi connectivity index (χ1n) is 9.08. The minimum absolute atomic E-state index is 0.0393. The lowest BCUT2D eigenvalue weighted by atomic mass is 10.0. The van der Waals surface area contributed by atoms with E-state index in [1.54, 1.807) is 18.2 Å². The van der Waals surface area contributed by atoms with Crippen molar-refractivity contribution in [2.75, 3.05) is 6.79 Å². The molecule has 0 bridgehead atoms. The molecule has 2 aliphatic heterocycles. The lowest BCUT2D eigenvalue weighted by Crippen LogP contribution is -2.40. The van der Waals surface area contributed by atoms with Crippen LogP contribution in [0.25, 0.3) is 0 Å². The van der Waals surface area contributed by atoms with Gasteiger partial charge in [0.25, 0.3) is 5.91 Å². The number of fused-ring (bicyclic) bond motifs is 1. The zero-order chi connectivity index (χ0) is 18.1. The fraction of sp³-hybridized carbons (Fsp3) is 0.381. The van der Waals surface area contributed by atoms with Crippen molar-refractivity contribution in [1.82, 2.24) is 4.90 Å². The summed E-state index contributed by atoms with van der Waals surface area (Å²) in [6.07, 6.45) is 3.72. The maximum atomic E-state index is 13.1. The molecule has 0 aliphatic carbocycles. The van der Waals surface area contributed by atoms with Crippen LogP contribution >= 0.6 is 0 Å². The van der Waals surface area contributed by atoms with Gasteiger partial charge in [0.05, 0.1) is 0 Å². The highest BCUT2D eigenvalue weighted by Gasteiger charge is 2.34. The van der Waals surface area contributed by atoms with Gasteiger partial charge in [-0.05, 0) is 68.5 Å². The Balaban J connectivity index is 1.47. The van der Waals surface area contributed by atoms with Crippen molar-refractivity contribution < 1.29 is 18.7 Å². The number of hydrogen-bond acceptors (Lipinski definition) is 3. The van der Waals surface area contributed by atoms with Crippen LogP contribution in [0.2, 0.25) is 0 Å². The number of benzene rings is 2. The van der Waals surface area contributed by atoms with Gasteiger partial charge in [0.15, 0.2) is 11.5 Å². The molecule has 1 amide bonds. The zero-order valence-corrected chi connectivity index (χ0v) is 14.8. The molecule has 2 aromatic carbocycles. The third-order valence-corrected chi connectivity index (χ3v) is 5.32. The van der Waals surface area contributed by atoms with Crippen molar-refractivity contribution in [3.05, 3.63) is 59.4 Å². The fourth-order valence-corrected chi connectivity index (χ4v) is 3.88. The van der Waals surface area contributed by atoms with E-state index in [0.717, 1.165) is 31.2 Å². The average molecular weight is 355 g/mol. The largest absolute Gasteiger partial charge is 0.454 e. The molecule has 2 aromatic rings. The Kier molecular flexibility index (Phi) is 4.53. The van der Waals surface area contributed by atoms with Crippen molar-refractivity contribution in [3.8, 4) is 11.5 Å². The second kappa shape index (κ2) is 6.98. The van der Waals surface area contributed by atoms with Crippen LogP contribution in [0.5, 0.6) is 11.5 Å². The number of hydrogen-bond donors (Lipinski definition) is 0. The van der Waals surface area contributed by atoms with E-state index in [1.807, 2.05) is 17.0 Å². The summed E-state index contributed by atoms with van der Waals surface area (Å²) in [6, 6.07) is 12.4. The fourth-order valence-electron chi connectivity index (χ4n) is 3.88. The minimum atomic E-state index is -0.220. The zero-order valence-electron chi connectivity index (χ0n) is 14.8. The number of amides is 1. The monoisotopic (exact) mass is 355 g/mol. The summed E-state index contributed by atoms with van der Waals surface area (Å²) in [4.78, 5) is 15.1. The van der Waals surface area contributed by atoms with E-state index in [2.05, 4.69) is 6.92 Å². The molecule has 1 saturated heterocycles. The summed E-state index contributed by atoms with van der Waals surface area (Å²) in [5, 5.41) is 0. The molecule has 2 aliphatic rings. The Labute approximate surface area is 152 Å². The van der Waals surface area contributed by atoms with Crippen molar-refractivity contribution in [1.29, 1.82) is 0 Å². The van der Waals surface area contributed by atoms with Gasteiger partial charge in [0, 0.05) is 17.6 Å². The van der Waals surface area contributed by atoms with E-state index in [0.29, 0.717) is 17.1 Å². The van der Waals surface area contributed by atoms with E-state index in [4.69, 9.17) is 9.47 Å². The number of halogens is 1. The van der Waals surface area contributed by atoms with Gasteiger partial charge in [-0.15, -0.1) is 0 Å². The van der Waals surface area contributed by atoms with Gasteiger partial charge in [-0.25, -0.2) is 4.39 Å². The van der Waals surface area contributed by atoms with Crippen LogP contribution in [0, 0.1) is 5.82 Å². The molecule has 0 radical (unpaired) electrons. The van der Waals surface area contributed by atoms with Crippen LogP contribution in [0.15, 0.2) is 42.5 Å². The molecule has 0 unspecified atom stereocenters. The predicted octanol–water partition coefficient (Wildman–Crippen LogP) is 4.18. The smallest absolute Gasteiger partial charge is 0.254 e. The van der Waals surface area contributed by atoms with Crippen LogP contribution in [0.4, 0.5) is 4.39 Å². The number of nitrogens with zero attached hydrogens (tertiary/aromatic N) is 1. The highest BCUT2D eigenvalue weighted by molar-refractivity contribution is 5.95. The van der Waals surface area contributed by atoms with Gasteiger partial charge < -0.3 is 14.4 Å². The van der Waals surface area contributed by atoms with E-state index < -0.39 is 0 Å². The second-order valence-corrected chi connectivity index (χ2v) is 7.03. The van der Waals surface area contributed by atoms with Crippen LogP contribution in [0.3, 0.4) is 0 Å². The van der Waals surface area contributed by atoms with Gasteiger partial charge >= 0.3 is 0 Å². The van der Waals surface area contributed by atoms with E-state index in [-0.39, 0.29) is 30.6 Å². The molecule has 1 fully saturated rings. The first kappa shape index (κ1) is 16.9. The summed E-state index contributed by atoms with van der Waals surface area (Å²) < 4.78 is 23.8. The number of aryl methyl sites for hydroxylation is 1. The van der Waals surface area contributed by atoms with Crippen LogP contribution in [-0.4, -0.2) is 29.7 Å². The van der Waals surface area contributed by atoms with E-state index in [9.17, 15) is 9.18 Å². The van der Waals surface area contributed by atoms with Gasteiger partial charge in [0.1, 0.15) is 5.82 Å². The maximum absolute atomic E-state index is 13.1. The normalized spacial score (nSPS) is 21.2. The molecule has 26 heavy (non-hydrogen) atoms. The Bertz CT molecular complexity index is 805. The van der Waals surface area contributed by atoms with Crippen molar-refractivity contribution in [2.24, 2.45) is 0 Å². The Hall–Kier alpha value is -2.56. The van der Waals surface area contributed by atoms with Crippen molar-refractivity contribution >= 4 is 5.91 Å². The van der Waals surface area contributed by atoms with Crippen molar-refractivity contribution in [2.45, 2.75) is 44.7 Å². The number of carbonyl (C=O) groups is 1. The molecule has 136 valence electrons. The van der Waals surface area contributed by atoms with Gasteiger partial charge in [-0.2, -0.15) is 0 Å². The standard InChI is InChI=1S/C21H22FNO3/c1-14-2-9-18(10-5-15-3-7-17(22)8-4-15)23(14)21(24)16-6-11-19-20(12-16)26-13-25-19/h3-4,6-8,11-12,14,18H,2,5,9-10,13H2,1H3/t14-,18-/m1/s1. The summed E-state index contributed by atoms with van der Waals surface area (Å²) in [7, 11) is 0. The quantitative estimate of drug-likeness (QED) is 0.826. The van der Waals surface area contributed by atoms with Gasteiger partial charge in [-0.3, -0.25) is 4.79 Å². The highest BCUT2D eigenvalue weighted by Crippen LogP contribution is 2.35. The van der Waals surface area contributed by atoms with E-state index in [1.165, 1.54) is 12.1 Å². The molecular formula is C21H22FNO3. The number of carbonyl (C=O) groups excluding carboxylic acids is 1. The first-order chi connectivity index (χ1) is 12.6. The lowest BCUT2D eigenvalue weighted by Gasteiger charge is -2.29. The van der Waals surface area contributed by atoms with Crippen LogP contribution in [0.1, 0.15) is 42.1 Å². The molecule has 2 atom stereocenters. The molecule has 4 nitrogen and oxygen atoms in total. The molecule has 0 N–H and O–H groups in total. The van der Waals surface area contributed by atoms with E-state index >= 15 is 0 Å². The lowest BCUT2D eigenvalue weighted by molar-refractivity contribution is 0.0672. The summed E-state index contributed by atoms with van der Waals surface area (Å²) in [5.41, 5.74) is 1.73. The Morgan fingerprint density at radius 3 is 2.69 bits per heavy atom. The first-order valence-corrected chi connectivity index (χ1v) is 9.08. The molecule has 4 rings (SSSR count). The SMILES string of the molecule is C[C@@H]1CC[C@H](CCc2ccc(F)cc2)N1C(=O)c1ccc2c(c1)OCO2. The number of ether oxygens (including phenoxy) is 2. The molecule has 0 saturated carbocycles. The number of rotatable bonds is 4. The minimum Gasteiger partial charge on any atom is -0.454 e. The predicted molar refractivity (Wildman–Crippen MR) is 95.9 cm³/mol. The van der Waals surface area contributed by atoms with Crippen molar-refractivity contribution in [3.63, 3.8) is 0 Å². The molecule has 0 spiro atoms. The van der Waals surface area contributed by atoms with Crippen LogP contribution < -0.4 is 9.47 Å². The Morgan fingerprint density at radius 2 is 1.88 bits per heavy atom. The average Bonchev–Trinajstić information content (AvgIpc) is 3.26. The summed E-state index contributed by atoms with van der Waals surface area (Å²) in [5.74, 6) is 1.13.